The summed E-state index contributed by atoms with van der Waals surface area (Å²) in [4.78, 5) is 28.8. The molecule has 0 saturated heterocycles. The van der Waals surface area contributed by atoms with Crippen molar-refractivity contribution in [1.29, 1.82) is 5.26 Å². The van der Waals surface area contributed by atoms with Crippen molar-refractivity contribution in [2.24, 2.45) is 0 Å². The Morgan fingerprint density at radius 3 is 2.31 bits per heavy atom. The van der Waals surface area contributed by atoms with Gasteiger partial charge in [0.1, 0.15) is 0 Å². The summed E-state index contributed by atoms with van der Waals surface area (Å²) in [5, 5.41) is 14.4. The van der Waals surface area contributed by atoms with Gasteiger partial charge in [-0.2, -0.15) is 5.26 Å². The quantitative estimate of drug-likeness (QED) is 0.609. The van der Waals surface area contributed by atoms with E-state index in [0.717, 1.165) is 12.8 Å². The highest BCUT2D eigenvalue weighted by Crippen LogP contribution is 2.11. The Labute approximate surface area is 169 Å². The Morgan fingerprint density at radius 1 is 0.931 bits per heavy atom. The SMILES string of the molecule is N#Cc1ccc(NC(=O)c2cncc(C(=O)NCCCc3ccccc3)c2)cc1. The molecule has 29 heavy (non-hydrogen) atoms. The van der Waals surface area contributed by atoms with Gasteiger partial charge in [-0.1, -0.05) is 30.3 Å². The maximum Gasteiger partial charge on any atom is 0.257 e. The van der Waals surface area contributed by atoms with Crippen molar-refractivity contribution in [2.75, 3.05) is 11.9 Å². The largest absolute Gasteiger partial charge is 0.352 e. The van der Waals surface area contributed by atoms with E-state index in [1.807, 2.05) is 24.3 Å². The van der Waals surface area contributed by atoms with Crippen LogP contribution in [0.25, 0.3) is 0 Å². The molecule has 3 aromatic rings. The van der Waals surface area contributed by atoms with Gasteiger partial charge in [-0.15, -0.1) is 0 Å². The van der Waals surface area contributed by atoms with Crippen molar-refractivity contribution in [3.63, 3.8) is 0 Å². The zero-order valence-electron chi connectivity index (χ0n) is 15.8. The summed E-state index contributed by atoms with van der Waals surface area (Å²) in [6.07, 6.45) is 4.55. The Hall–Kier alpha value is -3.98. The number of rotatable bonds is 7. The maximum atomic E-state index is 12.4. The third-order valence-electron chi connectivity index (χ3n) is 4.31. The van der Waals surface area contributed by atoms with E-state index < -0.39 is 0 Å². The van der Waals surface area contributed by atoms with E-state index >= 15 is 0 Å². The summed E-state index contributed by atoms with van der Waals surface area (Å²) < 4.78 is 0. The molecule has 0 saturated carbocycles. The molecule has 144 valence electrons. The fourth-order valence-electron chi connectivity index (χ4n) is 2.76. The Bertz CT molecular complexity index is 1020. The number of aryl methyl sites for hydroxylation is 1. The van der Waals surface area contributed by atoms with E-state index in [1.165, 1.54) is 24.0 Å². The minimum atomic E-state index is -0.374. The Balaban J connectivity index is 1.54. The van der Waals surface area contributed by atoms with Gasteiger partial charge in [0.2, 0.25) is 0 Å². The molecule has 0 bridgehead atoms. The van der Waals surface area contributed by atoms with E-state index in [1.54, 1.807) is 24.3 Å². The van der Waals surface area contributed by atoms with Crippen LogP contribution in [0.3, 0.4) is 0 Å². The first-order chi connectivity index (χ1) is 14.2. The molecule has 0 radical (unpaired) electrons. The van der Waals surface area contributed by atoms with E-state index in [-0.39, 0.29) is 17.4 Å². The summed E-state index contributed by atoms with van der Waals surface area (Å²) in [6.45, 7) is 0.537. The number of hydrogen-bond acceptors (Lipinski definition) is 4. The van der Waals surface area contributed by atoms with Crippen LogP contribution in [-0.4, -0.2) is 23.3 Å². The number of carbonyl (C=O) groups excluding carboxylic acids is 2. The van der Waals surface area contributed by atoms with Gasteiger partial charge in [0.05, 0.1) is 22.8 Å². The first kappa shape index (κ1) is 19.8. The molecule has 0 unspecified atom stereocenters. The lowest BCUT2D eigenvalue weighted by atomic mass is 10.1. The van der Waals surface area contributed by atoms with Crippen LogP contribution in [0.5, 0.6) is 0 Å². The number of carbonyl (C=O) groups is 2. The second-order valence-corrected chi connectivity index (χ2v) is 6.45. The fourth-order valence-corrected chi connectivity index (χ4v) is 2.76. The van der Waals surface area contributed by atoms with E-state index in [2.05, 4.69) is 27.8 Å². The molecule has 2 aromatic carbocycles. The normalized spacial score (nSPS) is 10.0. The molecule has 0 atom stereocenters. The molecule has 3 rings (SSSR count). The summed E-state index contributed by atoms with van der Waals surface area (Å²) in [5.74, 6) is -0.639. The van der Waals surface area contributed by atoms with Crippen LogP contribution in [0.15, 0.2) is 73.1 Å². The molecule has 6 heteroatoms. The van der Waals surface area contributed by atoms with Crippen molar-refractivity contribution in [2.45, 2.75) is 12.8 Å². The number of hydrogen-bond donors (Lipinski definition) is 2. The van der Waals surface area contributed by atoms with Gasteiger partial charge in [0.25, 0.3) is 11.8 Å². The number of benzene rings is 2. The third-order valence-corrected chi connectivity index (χ3v) is 4.31. The number of aromatic nitrogens is 1. The highest BCUT2D eigenvalue weighted by molar-refractivity contribution is 6.05. The monoisotopic (exact) mass is 384 g/mol. The topological polar surface area (TPSA) is 94.9 Å². The maximum absolute atomic E-state index is 12.4. The van der Waals surface area contributed by atoms with Gasteiger partial charge in [-0.25, -0.2) is 0 Å². The highest BCUT2D eigenvalue weighted by atomic mass is 16.2. The first-order valence-corrected chi connectivity index (χ1v) is 9.24. The van der Waals surface area contributed by atoms with Gasteiger partial charge in [-0.3, -0.25) is 14.6 Å². The molecule has 1 heterocycles. The summed E-state index contributed by atoms with van der Waals surface area (Å²) in [6, 6.07) is 20.1. The van der Waals surface area contributed by atoms with Crippen molar-refractivity contribution >= 4 is 17.5 Å². The Kier molecular flexibility index (Phi) is 6.69. The van der Waals surface area contributed by atoms with Crippen LogP contribution in [0, 0.1) is 11.3 Å². The minimum Gasteiger partial charge on any atom is -0.352 e. The van der Waals surface area contributed by atoms with E-state index in [0.29, 0.717) is 23.4 Å². The molecular weight excluding hydrogens is 364 g/mol. The molecular formula is C23H20N4O2. The van der Waals surface area contributed by atoms with Crippen LogP contribution < -0.4 is 10.6 Å². The highest BCUT2D eigenvalue weighted by Gasteiger charge is 2.11. The average molecular weight is 384 g/mol. The summed E-state index contributed by atoms with van der Waals surface area (Å²) >= 11 is 0. The third kappa shape index (κ3) is 5.75. The van der Waals surface area contributed by atoms with Gasteiger partial charge in [0.15, 0.2) is 0 Å². The van der Waals surface area contributed by atoms with Crippen LogP contribution >= 0.6 is 0 Å². The van der Waals surface area contributed by atoms with E-state index in [4.69, 9.17) is 5.26 Å². The van der Waals surface area contributed by atoms with Gasteiger partial charge in [0, 0.05) is 24.6 Å². The predicted octanol–water partition coefficient (Wildman–Crippen LogP) is 3.57. The zero-order chi connectivity index (χ0) is 20.5. The molecule has 0 aliphatic heterocycles. The van der Waals surface area contributed by atoms with Crippen molar-refractivity contribution in [1.82, 2.24) is 10.3 Å². The standard InChI is InChI=1S/C23H20N4O2/c24-14-18-8-10-21(11-9-18)27-23(29)20-13-19(15-25-16-20)22(28)26-12-4-7-17-5-2-1-3-6-17/h1-3,5-6,8-11,13,15-16H,4,7,12H2,(H,26,28)(H,27,29). The van der Waals surface area contributed by atoms with Crippen LogP contribution in [0.4, 0.5) is 5.69 Å². The van der Waals surface area contributed by atoms with E-state index in [9.17, 15) is 9.59 Å². The smallest absolute Gasteiger partial charge is 0.257 e. The number of amides is 2. The zero-order valence-corrected chi connectivity index (χ0v) is 15.8. The number of pyridine rings is 1. The van der Waals surface area contributed by atoms with Crippen LogP contribution in [0.1, 0.15) is 38.3 Å². The molecule has 0 aliphatic rings. The van der Waals surface area contributed by atoms with Crippen LogP contribution in [-0.2, 0) is 6.42 Å². The number of anilines is 1. The summed E-state index contributed by atoms with van der Waals surface area (Å²) in [7, 11) is 0. The molecule has 2 amide bonds. The lowest BCUT2D eigenvalue weighted by Crippen LogP contribution is -2.25. The summed E-state index contributed by atoms with van der Waals surface area (Å²) in [5.41, 5.74) is 2.91. The fraction of sp³-hybridized carbons (Fsp3) is 0.130. The van der Waals surface area contributed by atoms with Crippen LogP contribution in [0.2, 0.25) is 0 Å². The Morgan fingerprint density at radius 2 is 1.62 bits per heavy atom. The number of nitrogens with zero attached hydrogens (tertiary/aromatic N) is 2. The molecule has 2 N–H and O–H groups in total. The lowest BCUT2D eigenvalue weighted by Gasteiger charge is -2.08. The van der Waals surface area contributed by atoms with Gasteiger partial charge >= 0.3 is 0 Å². The first-order valence-electron chi connectivity index (χ1n) is 9.24. The molecule has 0 fully saturated rings. The molecule has 1 aromatic heterocycles. The average Bonchev–Trinajstić information content (AvgIpc) is 2.78. The second-order valence-electron chi connectivity index (χ2n) is 6.45. The van der Waals surface area contributed by atoms with Crippen molar-refractivity contribution < 1.29 is 9.59 Å². The molecule has 6 nitrogen and oxygen atoms in total. The van der Waals surface area contributed by atoms with Crippen molar-refractivity contribution in [3.8, 4) is 6.07 Å². The lowest BCUT2D eigenvalue weighted by molar-refractivity contribution is 0.0953. The van der Waals surface area contributed by atoms with Crippen molar-refractivity contribution in [3.05, 3.63) is 95.3 Å². The minimum absolute atomic E-state index is 0.265. The van der Waals surface area contributed by atoms with Gasteiger partial charge in [-0.05, 0) is 48.7 Å². The number of nitrogens with one attached hydrogen (secondary N) is 2. The predicted molar refractivity (Wildman–Crippen MR) is 110 cm³/mol. The number of nitriles is 1. The van der Waals surface area contributed by atoms with Gasteiger partial charge < -0.3 is 10.6 Å². The second kappa shape index (κ2) is 9.81. The molecule has 0 spiro atoms. The molecule has 0 aliphatic carbocycles.